The highest BCUT2D eigenvalue weighted by atomic mass is 16.5. The van der Waals surface area contributed by atoms with Crippen LogP contribution in [0.25, 0.3) is 0 Å². The van der Waals surface area contributed by atoms with Crippen LogP contribution in [-0.4, -0.2) is 30.3 Å². The van der Waals surface area contributed by atoms with Crippen molar-refractivity contribution in [2.45, 2.75) is 31.6 Å². The zero-order chi connectivity index (χ0) is 11.0. The minimum atomic E-state index is 0.405. The Morgan fingerprint density at radius 1 is 1.31 bits per heavy atom. The van der Waals surface area contributed by atoms with Crippen LogP contribution in [0.2, 0.25) is 0 Å². The lowest BCUT2D eigenvalue weighted by atomic mass is 10.2. The number of morpholine rings is 1. The first-order chi connectivity index (χ1) is 7.85. The van der Waals surface area contributed by atoms with Crippen LogP contribution in [0.1, 0.15) is 18.5 Å². The first-order valence-corrected chi connectivity index (χ1v) is 5.91. The third-order valence-corrected chi connectivity index (χ3v) is 3.37. The van der Waals surface area contributed by atoms with Crippen molar-refractivity contribution in [2.75, 3.05) is 18.0 Å². The minimum Gasteiger partial charge on any atom is -0.371 e. The lowest BCUT2D eigenvalue weighted by Crippen LogP contribution is -2.43. The van der Waals surface area contributed by atoms with Gasteiger partial charge in [-0.05, 0) is 25.0 Å². The number of nitrogens with two attached hydrogens (primary N) is 1. The molecule has 2 atom stereocenters. The molecule has 4 heteroatoms. The van der Waals surface area contributed by atoms with Crippen LogP contribution in [0.3, 0.4) is 0 Å². The second-order valence-electron chi connectivity index (χ2n) is 4.55. The predicted octanol–water partition coefficient (Wildman–Crippen LogP) is 0.908. The molecule has 0 aromatic carbocycles. The molecule has 2 bridgehead atoms. The maximum Gasteiger partial charge on any atom is 0.129 e. The largest absolute Gasteiger partial charge is 0.371 e. The Bertz CT molecular complexity index is 370. The highest BCUT2D eigenvalue weighted by Gasteiger charge is 2.34. The van der Waals surface area contributed by atoms with Crippen molar-refractivity contribution in [1.82, 2.24) is 4.98 Å². The van der Waals surface area contributed by atoms with Gasteiger partial charge in [0.1, 0.15) is 5.82 Å². The summed E-state index contributed by atoms with van der Waals surface area (Å²) in [6.45, 7) is 2.44. The van der Waals surface area contributed by atoms with Gasteiger partial charge in [-0.2, -0.15) is 0 Å². The highest BCUT2D eigenvalue weighted by Crippen LogP contribution is 2.28. The molecule has 3 rings (SSSR count). The molecule has 2 unspecified atom stereocenters. The topological polar surface area (TPSA) is 51.4 Å². The van der Waals surface area contributed by atoms with Crippen molar-refractivity contribution in [1.29, 1.82) is 0 Å². The van der Waals surface area contributed by atoms with E-state index >= 15 is 0 Å². The average Bonchev–Trinajstić information content (AvgIpc) is 2.68. The Morgan fingerprint density at radius 3 is 2.75 bits per heavy atom. The van der Waals surface area contributed by atoms with E-state index in [1.54, 1.807) is 0 Å². The SMILES string of the molecule is NCc1cccc(N2CC3CCC(C2)O3)n1. The van der Waals surface area contributed by atoms with Crippen LogP contribution >= 0.6 is 0 Å². The van der Waals surface area contributed by atoms with Crippen LogP contribution in [0.4, 0.5) is 5.82 Å². The minimum absolute atomic E-state index is 0.405. The number of hydrogen-bond donors (Lipinski definition) is 1. The first-order valence-electron chi connectivity index (χ1n) is 5.91. The van der Waals surface area contributed by atoms with E-state index in [-0.39, 0.29) is 0 Å². The molecule has 1 aromatic rings. The van der Waals surface area contributed by atoms with Crippen LogP contribution in [-0.2, 0) is 11.3 Å². The van der Waals surface area contributed by atoms with E-state index in [4.69, 9.17) is 10.5 Å². The smallest absolute Gasteiger partial charge is 0.129 e. The van der Waals surface area contributed by atoms with Crippen LogP contribution in [0.15, 0.2) is 18.2 Å². The molecule has 0 aliphatic carbocycles. The number of anilines is 1. The normalized spacial score (nSPS) is 28.4. The van der Waals surface area contributed by atoms with Crippen molar-refractivity contribution in [2.24, 2.45) is 5.73 Å². The van der Waals surface area contributed by atoms with Crippen molar-refractivity contribution < 1.29 is 4.74 Å². The number of rotatable bonds is 2. The summed E-state index contributed by atoms with van der Waals surface area (Å²) in [5.41, 5.74) is 6.56. The molecule has 1 aromatic heterocycles. The quantitative estimate of drug-likeness (QED) is 0.803. The van der Waals surface area contributed by atoms with Crippen molar-refractivity contribution >= 4 is 5.82 Å². The standard InChI is InChI=1S/C12H17N3O/c13-6-9-2-1-3-12(14-9)15-7-10-4-5-11(8-15)16-10/h1-3,10-11H,4-8,13H2. The second-order valence-corrected chi connectivity index (χ2v) is 4.55. The van der Waals surface area contributed by atoms with Gasteiger partial charge in [0, 0.05) is 19.6 Å². The van der Waals surface area contributed by atoms with E-state index in [0.29, 0.717) is 18.8 Å². The molecule has 0 saturated carbocycles. The first kappa shape index (κ1) is 10.1. The monoisotopic (exact) mass is 219 g/mol. The van der Waals surface area contributed by atoms with Gasteiger partial charge in [0.05, 0.1) is 17.9 Å². The maximum atomic E-state index is 5.81. The molecule has 16 heavy (non-hydrogen) atoms. The van der Waals surface area contributed by atoms with Crippen LogP contribution < -0.4 is 10.6 Å². The van der Waals surface area contributed by atoms with E-state index in [2.05, 4.69) is 16.0 Å². The summed E-state index contributed by atoms with van der Waals surface area (Å²) in [6.07, 6.45) is 3.19. The third kappa shape index (κ3) is 1.79. The van der Waals surface area contributed by atoms with E-state index in [9.17, 15) is 0 Å². The molecule has 86 valence electrons. The lowest BCUT2D eigenvalue weighted by molar-refractivity contribution is 0.0302. The molecular formula is C12H17N3O. The zero-order valence-corrected chi connectivity index (χ0v) is 9.30. The molecule has 3 heterocycles. The number of aromatic nitrogens is 1. The van der Waals surface area contributed by atoms with Gasteiger partial charge >= 0.3 is 0 Å². The number of ether oxygens (including phenoxy) is 1. The highest BCUT2D eigenvalue weighted by molar-refractivity contribution is 5.40. The van der Waals surface area contributed by atoms with Gasteiger partial charge < -0.3 is 15.4 Å². The van der Waals surface area contributed by atoms with Crippen molar-refractivity contribution in [3.63, 3.8) is 0 Å². The summed E-state index contributed by atoms with van der Waals surface area (Å²) in [5.74, 6) is 1.04. The fourth-order valence-corrected chi connectivity index (χ4v) is 2.56. The Morgan fingerprint density at radius 2 is 2.06 bits per heavy atom. The maximum absolute atomic E-state index is 5.81. The number of hydrogen-bond acceptors (Lipinski definition) is 4. The fourth-order valence-electron chi connectivity index (χ4n) is 2.56. The van der Waals surface area contributed by atoms with Gasteiger partial charge in [-0.1, -0.05) is 6.07 Å². The summed E-state index contributed by atoms with van der Waals surface area (Å²) >= 11 is 0. The zero-order valence-electron chi connectivity index (χ0n) is 9.30. The molecule has 0 radical (unpaired) electrons. The molecule has 0 amide bonds. The average molecular weight is 219 g/mol. The lowest BCUT2D eigenvalue weighted by Gasteiger charge is -2.33. The Balaban J connectivity index is 1.81. The summed E-state index contributed by atoms with van der Waals surface area (Å²) in [7, 11) is 0. The summed E-state index contributed by atoms with van der Waals surface area (Å²) in [6, 6.07) is 6.06. The van der Waals surface area contributed by atoms with E-state index in [0.717, 1.165) is 24.6 Å². The molecule has 4 nitrogen and oxygen atoms in total. The van der Waals surface area contributed by atoms with Gasteiger partial charge in [0.25, 0.3) is 0 Å². The molecule has 2 aliphatic rings. The van der Waals surface area contributed by atoms with Gasteiger partial charge in [-0.25, -0.2) is 4.98 Å². The molecular weight excluding hydrogens is 202 g/mol. The Hall–Kier alpha value is -1.13. The number of fused-ring (bicyclic) bond motifs is 2. The molecule has 2 N–H and O–H groups in total. The van der Waals surface area contributed by atoms with E-state index < -0.39 is 0 Å². The van der Waals surface area contributed by atoms with Crippen molar-refractivity contribution in [3.05, 3.63) is 23.9 Å². The van der Waals surface area contributed by atoms with Gasteiger partial charge in [-0.3, -0.25) is 0 Å². The van der Waals surface area contributed by atoms with Crippen molar-refractivity contribution in [3.8, 4) is 0 Å². The summed E-state index contributed by atoms with van der Waals surface area (Å²) in [4.78, 5) is 6.88. The summed E-state index contributed by atoms with van der Waals surface area (Å²) < 4.78 is 5.81. The van der Waals surface area contributed by atoms with Crippen LogP contribution in [0.5, 0.6) is 0 Å². The Labute approximate surface area is 95.4 Å². The molecule has 2 aliphatic heterocycles. The Kier molecular flexibility index (Phi) is 2.53. The number of pyridine rings is 1. The van der Waals surface area contributed by atoms with Gasteiger partial charge in [0.15, 0.2) is 0 Å². The molecule has 0 spiro atoms. The molecule has 2 saturated heterocycles. The van der Waals surface area contributed by atoms with Crippen LogP contribution in [0, 0.1) is 0 Å². The summed E-state index contributed by atoms with van der Waals surface area (Å²) in [5, 5.41) is 0. The molecule has 2 fully saturated rings. The van der Waals surface area contributed by atoms with E-state index in [1.165, 1.54) is 12.8 Å². The predicted molar refractivity (Wildman–Crippen MR) is 62.2 cm³/mol. The van der Waals surface area contributed by atoms with E-state index in [1.807, 2.05) is 12.1 Å². The van der Waals surface area contributed by atoms with Gasteiger partial charge in [-0.15, -0.1) is 0 Å². The second kappa shape index (κ2) is 4.03. The van der Waals surface area contributed by atoms with Gasteiger partial charge in [0.2, 0.25) is 0 Å². The fraction of sp³-hybridized carbons (Fsp3) is 0.583. The third-order valence-electron chi connectivity index (χ3n) is 3.37. The number of nitrogens with zero attached hydrogens (tertiary/aromatic N) is 2.